The second kappa shape index (κ2) is 4.02. The topological polar surface area (TPSA) is 69.2 Å². The fourth-order valence-electron chi connectivity index (χ4n) is 2.09. The molecule has 0 spiro atoms. The van der Waals surface area contributed by atoms with Crippen LogP contribution in [0, 0.1) is 5.92 Å². The van der Waals surface area contributed by atoms with Crippen molar-refractivity contribution in [2.75, 3.05) is 18.1 Å². The van der Waals surface area contributed by atoms with E-state index >= 15 is 0 Å². The first kappa shape index (κ1) is 10.2. The third-order valence-electron chi connectivity index (χ3n) is 3.03. The summed E-state index contributed by atoms with van der Waals surface area (Å²) in [5, 5.41) is 9.28. The van der Waals surface area contributed by atoms with Crippen molar-refractivity contribution in [2.24, 2.45) is 5.92 Å². The Morgan fingerprint density at radius 3 is 3.20 bits per heavy atom. The molecule has 1 aromatic rings. The van der Waals surface area contributed by atoms with E-state index in [1.807, 2.05) is 4.90 Å². The van der Waals surface area contributed by atoms with Gasteiger partial charge in [-0.15, -0.1) is 0 Å². The Hall–Kier alpha value is -1.36. The van der Waals surface area contributed by atoms with Gasteiger partial charge in [-0.2, -0.15) is 0 Å². The highest BCUT2D eigenvalue weighted by atomic mass is 16.3. The summed E-state index contributed by atoms with van der Waals surface area (Å²) < 4.78 is 0. The molecule has 1 aromatic heterocycles. The number of hydrogen-bond acceptors (Lipinski definition) is 4. The van der Waals surface area contributed by atoms with E-state index in [-0.39, 0.29) is 18.2 Å². The monoisotopic (exact) mass is 209 g/mol. The minimum atomic E-state index is -0.156. The molecule has 0 bridgehead atoms. The Balaban J connectivity index is 2.27. The molecule has 0 aromatic carbocycles. The molecule has 1 aliphatic heterocycles. The third kappa shape index (κ3) is 1.87. The largest absolute Gasteiger partial charge is 0.394 e. The van der Waals surface area contributed by atoms with Gasteiger partial charge in [0.1, 0.15) is 5.82 Å². The van der Waals surface area contributed by atoms with Gasteiger partial charge in [-0.25, -0.2) is 4.98 Å². The maximum atomic E-state index is 11.1. The van der Waals surface area contributed by atoms with Gasteiger partial charge in [0.25, 0.3) is 5.56 Å². The molecule has 2 atom stereocenters. The molecule has 2 rings (SSSR count). The van der Waals surface area contributed by atoms with Crippen molar-refractivity contribution in [3.8, 4) is 0 Å². The van der Waals surface area contributed by atoms with Crippen LogP contribution in [0.4, 0.5) is 5.82 Å². The maximum Gasteiger partial charge on any atom is 0.252 e. The normalized spacial score (nSPS) is 25.9. The zero-order valence-corrected chi connectivity index (χ0v) is 8.68. The van der Waals surface area contributed by atoms with Crippen molar-refractivity contribution in [3.63, 3.8) is 0 Å². The lowest BCUT2D eigenvalue weighted by atomic mass is 10.0. The molecule has 1 aliphatic rings. The summed E-state index contributed by atoms with van der Waals surface area (Å²) in [6.07, 6.45) is 2.43. The van der Waals surface area contributed by atoms with Crippen LogP contribution in [0.2, 0.25) is 0 Å². The summed E-state index contributed by atoms with van der Waals surface area (Å²) in [7, 11) is 0. The van der Waals surface area contributed by atoms with Gasteiger partial charge in [-0.05, 0) is 12.3 Å². The van der Waals surface area contributed by atoms with E-state index in [0.29, 0.717) is 11.7 Å². The van der Waals surface area contributed by atoms with E-state index in [2.05, 4.69) is 16.9 Å². The lowest BCUT2D eigenvalue weighted by Gasteiger charge is -2.25. The van der Waals surface area contributed by atoms with Gasteiger partial charge in [0, 0.05) is 12.6 Å². The van der Waals surface area contributed by atoms with Gasteiger partial charge in [0.05, 0.1) is 19.0 Å². The molecule has 1 saturated heterocycles. The van der Waals surface area contributed by atoms with E-state index < -0.39 is 0 Å². The standard InChI is InChI=1S/C10H15N3O2/c1-7-2-3-13(8(7)5-14)9-4-10(15)12-6-11-9/h4,6-8,14H,2-3,5H2,1H3,(H,11,12,15). The van der Waals surface area contributed by atoms with Crippen LogP contribution in [0.15, 0.2) is 17.2 Å². The molecular weight excluding hydrogens is 194 g/mol. The quantitative estimate of drug-likeness (QED) is 0.718. The highest BCUT2D eigenvalue weighted by molar-refractivity contribution is 5.39. The Kier molecular flexibility index (Phi) is 2.73. The maximum absolute atomic E-state index is 11.1. The number of aliphatic hydroxyl groups is 1. The Labute approximate surface area is 87.8 Å². The number of H-pyrrole nitrogens is 1. The van der Waals surface area contributed by atoms with Gasteiger partial charge in [0.2, 0.25) is 0 Å². The number of nitrogens with zero attached hydrogens (tertiary/aromatic N) is 2. The molecule has 2 N–H and O–H groups in total. The molecule has 1 fully saturated rings. The SMILES string of the molecule is CC1CCN(c2cc(=O)[nH]cn2)C1CO. The number of aliphatic hydroxyl groups excluding tert-OH is 1. The van der Waals surface area contributed by atoms with Crippen LogP contribution in [0.1, 0.15) is 13.3 Å². The van der Waals surface area contributed by atoms with Crippen LogP contribution >= 0.6 is 0 Å². The zero-order valence-electron chi connectivity index (χ0n) is 8.68. The fraction of sp³-hybridized carbons (Fsp3) is 0.600. The molecule has 2 unspecified atom stereocenters. The van der Waals surface area contributed by atoms with Crippen LogP contribution in [0.3, 0.4) is 0 Å². The summed E-state index contributed by atoms with van der Waals surface area (Å²) in [5.41, 5.74) is -0.156. The van der Waals surface area contributed by atoms with Crippen molar-refractivity contribution in [2.45, 2.75) is 19.4 Å². The number of aromatic nitrogens is 2. The van der Waals surface area contributed by atoms with Crippen molar-refractivity contribution in [3.05, 3.63) is 22.7 Å². The average Bonchev–Trinajstić information content (AvgIpc) is 2.59. The molecule has 0 amide bonds. The molecule has 82 valence electrons. The second-order valence-corrected chi connectivity index (χ2v) is 3.98. The van der Waals surface area contributed by atoms with E-state index in [1.165, 1.54) is 12.4 Å². The second-order valence-electron chi connectivity index (χ2n) is 3.98. The Bertz CT molecular complexity index is 390. The van der Waals surface area contributed by atoms with Crippen LogP contribution in [-0.2, 0) is 0 Å². The van der Waals surface area contributed by atoms with Gasteiger partial charge < -0.3 is 15.0 Å². The number of hydrogen-bond donors (Lipinski definition) is 2. The lowest BCUT2D eigenvalue weighted by molar-refractivity contribution is 0.244. The smallest absolute Gasteiger partial charge is 0.252 e. The van der Waals surface area contributed by atoms with E-state index in [1.54, 1.807) is 0 Å². The van der Waals surface area contributed by atoms with Crippen molar-refractivity contribution in [1.82, 2.24) is 9.97 Å². The summed E-state index contributed by atoms with van der Waals surface area (Å²) in [5.74, 6) is 1.10. The molecule has 15 heavy (non-hydrogen) atoms. The van der Waals surface area contributed by atoms with E-state index in [4.69, 9.17) is 0 Å². The lowest BCUT2D eigenvalue weighted by Crippen LogP contribution is -2.36. The molecule has 0 radical (unpaired) electrons. The van der Waals surface area contributed by atoms with E-state index in [0.717, 1.165) is 13.0 Å². The number of anilines is 1. The predicted octanol–water partition coefficient (Wildman–Crippen LogP) is -0.0230. The first-order valence-electron chi connectivity index (χ1n) is 5.14. The van der Waals surface area contributed by atoms with Crippen molar-refractivity contribution in [1.29, 1.82) is 0 Å². The number of rotatable bonds is 2. The third-order valence-corrected chi connectivity index (χ3v) is 3.03. The summed E-state index contributed by atoms with van der Waals surface area (Å²) in [4.78, 5) is 19.7. The molecule has 5 heteroatoms. The molecule has 0 aliphatic carbocycles. The van der Waals surface area contributed by atoms with Gasteiger partial charge in [-0.3, -0.25) is 4.79 Å². The van der Waals surface area contributed by atoms with Crippen LogP contribution < -0.4 is 10.5 Å². The summed E-state index contributed by atoms with van der Waals surface area (Å²) in [6, 6.07) is 1.56. The first-order chi connectivity index (χ1) is 7.22. The van der Waals surface area contributed by atoms with Crippen LogP contribution in [-0.4, -0.2) is 34.3 Å². The number of aromatic amines is 1. The highest BCUT2D eigenvalue weighted by Crippen LogP contribution is 2.26. The average molecular weight is 209 g/mol. The van der Waals surface area contributed by atoms with Crippen LogP contribution in [0.5, 0.6) is 0 Å². The first-order valence-corrected chi connectivity index (χ1v) is 5.14. The number of nitrogens with one attached hydrogen (secondary N) is 1. The summed E-state index contributed by atoms with van der Waals surface area (Å²) >= 11 is 0. The van der Waals surface area contributed by atoms with E-state index in [9.17, 15) is 9.90 Å². The Morgan fingerprint density at radius 1 is 1.73 bits per heavy atom. The predicted molar refractivity (Wildman–Crippen MR) is 56.9 cm³/mol. The van der Waals surface area contributed by atoms with Gasteiger partial charge in [0.15, 0.2) is 0 Å². The molecule has 0 saturated carbocycles. The molecular formula is C10H15N3O2. The van der Waals surface area contributed by atoms with Gasteiger partial charge in [-0.1, -0.05) is 6.92 Å². The zero-order chi connectivity index (χ0) is 10.8. The minimum Gasteiger partial charge on any atom is -0.394 e. The summed E-state index contributed by atoms with van der Waals surface area (Å²) in [6.45, 7) is 3.06. The fourth-order valence-corrected chi connectivity index (χ4v) is 2.09. The molecule has 5 nitrogen and oxygen atoms in total. The van der Waals surface area contributed by atoms with Crippen molar-refractivity contribution >= 4 is 5.82 Å². The van der Waals surface area contributed by atoms with Gasteiger partial charge >= 0.3 is 0 Å². The molecule has 2 heterocycles. The van der Waals surface area contributed by atoms with Crippen molar-refractivity contribution < 1.29 is 5.11 Å². The Morgan fingerprint density at radius 2 is 2.53 bits per heavy atom. The highest BCUT2D eigenvalue weighted by Gasteiger charge is 2.31. The van der Waals surface area contributed by atoms with Crippen LogP contribution in [0.25, 0.3) is 0 Å². The minimum absolute atomic E-state index is 0.0827.